The lowest BCUT2D eigenvalue weighted by atomic mass is 10.2. The topological polar surface area (TPSA) is 68.1 Å². The minimum absolute atomic E-state index is 0.0992. The Bertz CT molecular complexity index is 796. The molecule has 1 aliphatic heterocycles. The molecule has 7 heteroatoms. The molecular weight excluding hydrogens is 324 g/mol. The van der Waals surface area contributed by atoms with E-state index in [1.54, 1.807) is 22.8 Å². The molecular formula is C17H24N4O2S. The zero-order valence-electron chi connectivity index (χ0n) is 14.4. The van der Waals surface area contributed by atoms with Gasteiger partial charge in [-0.1, -0.05) is 32.9 Å². The van der Waals surface area contributed by atoms with E-state index in [1.165, 1.54) is 0 Å². The fourth-order valence-corrected chi connectivity index (χ4v) is 4.64. The normalized spacial score (nSPS) is 19.2. The van der Waals surface area contributed by atoms with Gasteiger partial charge in [0.1, 0.15) is 12.2 Å². The van der Waals surface area contributed by atoms with Crippen molar-refractivity contribution in [2.75, 3.05) is 13.1 Å². The maximum Gasteiger partial charge on any atom is 0.243 e. The zero-order valence-corrected chi connectivity index (χ0v) is 15.2. The largest absolute Gasteiger partial charge is 0.313 e. The molecule has 1 unspecified atom stereocenters. The van der Waals surface area contributed by atoms with E-state index in [4.69, 9.17) is 0 Å². The van der Waals surface area contributed by atoms with Crippen LogP contribution in [0.1, 0.15) is 50.5 Å². The van der Waals surface area contributed by atoms with Crippen molar-refractivity contribution < 1.29 is 8.42 Å². The molecule has 0 spiro atoms. The van der Waals surface area contributed by atoms with E-state index in [9.17, 15) is 8.42 Å². The molecule has 0 aliphatic carbocycles. The molecule has 0 radical (unpaired) electrons. The monoisotopic (exact) mass is 348 g/mol. The van der Waals surface area contributed by atoms with Crippen LogP contribution < -0.4 is 0 Å². The second kappa shape index (κ2) is 6.64. The van der Waals surface area contributed by atoms with Gasteiger partial charge in [0.2, 0.25) is 10.0 Å². The third kappa shape index (κ3) is 3.10. The van der Waals surface area contributed by atoms with Crippen LogP contribution in [-0.2, 0) is 16.4 Å². The van der Waals surface area contributed by atoms with Gasteiger partial charge >= 0.3 is 0 Å². The summed E-state index contributed by atoms with van der Waals surface area (Å²) in [5, 5.41) is 8.17. The van der Waals surface area contributed by atoms with Gasteiger partial charge in [0.05, 0.1) is 10.9 Å². The van der Waals surface area contributed by atoms with E-state index in [1.807, 2.05) is 16.7 Å². The second-order valence-electron chi connectivity index (χ2n) is 6.55. The summed E-state index contributed by atoms with van der Waals surface area (Å²) < 4.78 is 29.3. The van der Waals surface area contributed by atoms with E-state index in [0.29, 0.717) is 18.0 Å². The lowest BCUT2D eigenvalue weighted by Gasteiger charge is -2.18. The van der Waals surface area contributed by atoms with Gasteiger partial charge in [-0.05, 0) is 30.5 Å². The van der Waals surface area contributed by atoms with Gasteiger partial charge in [0.25, 0.3) is 0 Å². The standard InChI is InChI=1S/C17H24N4O2S/c1-4-14-5-7-16(8-6-14)24(22,23)20-10-9-15(11-20)21-12-18-19-17(21)13(2)3/h5-8,12-13,15H,4,9-11H2,1-3H3. The summed E-state index contributed by atoms with van der Waals surface area (Å²) in [6.07, 6.45) is 3.40. The van der Waals surface area contributed by atoms with Crippen molar-refractivity contribution in [3.05, 3.63) is 42.0 Å². The Morgan fingerprint density at radius 1 is 1.25 bits per heavy atom. The zero-order chi connectivity index (χ0) is 17.3. The molecule has 0 N–H and O–H groups in total. The van der Waals surface area contributed by atoms with Crippen LogP contribution in [0.25, 0.3) is 0 Å². The maximum atomic E-state index is 12.9. The summed E-state index contributed by atoms with van der Waals surface area (Å²) in [5.74, 6) is 1.17. The molecule has 3 rings (SSSR count). The number of rotatable bonds is 5. The number of benzene rings is 1. The SMILES string of the molecule is CCc1ccc(S(=O)(=O)N2CCC(n3cnnc3C(C)C)C2)cc1. The summed E-state index contributed by atoms with van der Waals surface area (Å²) in [6, 6.07) is 7.29. The number of hydrogen-bond acceptors (Lipinski definition) is 4. The van der Waals surface area contributed by atoms with Crippen LogP contribution in [0.4, 0.5) is 0 Å². The smallest absolute Gasteiger partial charge is 0.243 e. The summed E-state index contributed by atoms with van der Waals surface area (Å²) in [4.78, 5) is 0.369. The lowest BCUT2D eigenvalue weighted by molar-refractivity contribution is 0.443. The molecule has 1 aromatic carbocycles. The van der Waals surface area contributed by atoms with E-state index >= 15 is 0 Å². The molecule has 1 aromatic heterocycles. The number of sulfonamides is 1. The highest BCUT2D eigenvalue weighted by Gasteiger charge is 2.34. The van der Waals surface area contributed by atoms with E-state index in [-0.39, 0.29) is 12.0 Å². The average Bonchev–Trinajstić information content (AvgIpc) is 3.23. The van der Waals surface area contributed by atoms with Crippen molar-refractivity contribution >= 4 is 10.0 Å². The van der Waals surface area contributed by atoms with E-state index < -0.39 is 10.0 Å². The van der Waals surface area contributed by atoms with E-state index in [2.05, 4.69) is 31.0 Å². The van der Waals surface area contributed by atoms with Gasteiger partial charge in [-0.25, -0.2) is 8.42 Å². The van der Waals surface area contributed by atoms with Crippen LogP contribution in [0.2, 0.25) is 0 Å². The van der Waals surface area contributed by atoms with Crippen LogP contribution in [0, 0.1) is 0 Å². The predicted octanol–water partition coefficient (Wildman–Crippen LogP) is 2.60. The Kier molecular flexibility index (Phi) is 4.73. The summed E-state index contributed by atoms with van der Waals surface area (Å²) in [6.45, 7) is 7.19. The Morgan fingerprint density at radius 2 is 1.96 bits per heavy atom. The van der Waals surface area contributed by atoms with Gasteiger partial charge in [-0.2, -0.15) is 4.31 Å². The first-order valence-electron chi connectivity index (χ1n) is 8.42. The second-order valence-corrected chi connectivity index (χ2v) is 8.49. The predicted molar refractivity (Wildman–Crippen MR) is 92.3 cm³/mol. The highest BCUT2D eigenvalue weighted by molar-refractivity contribution is 7.89. The molecule has 1 saturated heterocycles. The fourth-order valence-electron chi connectivity index (χ4n) is 3.15. The number of nitrogens with zero attached hydrogens (tertiary/aromatic N) is 4. The van der Waals surface area contributed by atoms with Crippen LogP contribution in [0.3, 0.4) is 0 Å². The van der Waals surface area contributed by atoms with Crippen LogP contribution >= 0.6 is 0 Å². The number of hydrogen-bond donors (Lipinski definition) is 0. The molecule has 0 saturated carbocycles. The quantitative estimate of drug-likeness (QED) is 0.833. The summed E-state index contributed by atoms with van der Waals surface area (Å²) in [7, 11) is -3.44. The Morgan fingerprint density at radius 3 is 2.58 bits per heavy atom. The van der Waals surface area contributed by atoms with Crippen molar-refractivity contribution in [2.24, 2.45) is 0 Å². The molecule has 0 bridgehead atoms. The van der Waals surface area contributed by atoms with Gasteiger partial charge in [-0.3, -0.25) is 0 Å². The molecule has 1 fully saturated rings. The summed E-state index contributed by atoms with van der Waals surface area (Å²) in [5.41, 5.74) is 1.14. The minimum Gasteiger partial charge on any atom is -0.313 e. The third-order valence-electron chi connectivity index (χ3n) is 4.61. The fraction of sp³-hybridized carbons (Fsp3) is 0.529. The summed E-state index contributed by atoms with van der Waals surface area (Å²) >= 11 is 0. The number of aromatic nitrogens is 3. The average molecular weight is 348 g/mol. The molecule has 1 aliphatic rings. The first kappa shape index (κ1) is 17.1. The van der Waals surface area contributed by atoms with Crippen LogP contribution in [-0.4, -0.2) is 40.6 Å². The van der Waals surface area contributed by atoms with Crippen molar-refractivity contribution in [1.82, 2.24) is 19.1 Å². The Balaban J connectivity index is 1.80. The Labute approximate surface area is 143 Å². The van der Waals surface area contributed by atoms with Crippen LogP contribution in [0.5, 0.6) is 0 Å². The lowest BCUT2D eigenvalue weighted by Crippen LogP contribution is -2.29. The maximum absolute atomic E-state index is 12.9. The first-order valence-corrected chi connectivity index (χ1v) is 9.86. The van der Waals surface area contributed by atoms with Gasteiger partial charge < -0.3 is 4.57 Å². The van der Waals surface area contributed by atoms with E-state index in [0.717, 1.165) is 24.2 Å². The number of aryl methyl sites for hydroxylation is 1. The molecule has 2 aromatic rings. The Hall–Kier alpha value is -1.73. The van der Waals surface area contributed by atoms with Gasteiger partial charge in [0, 0.05) is 19.0 Å². The van der Waals surface area contributed by atoms with Gasteiger partial charge in [-0.15, -0.1) is 10.2 Å². The first-order chi connectivity index (χ1) is 11.4. The van der Waals surface area contributed by atoms with Gasteiger partial charge in [0.15, 0.2) is 0 Å². The van der Waals surface area contributed by atoms with Crippen LogP contribution in [0.15, 0.2) is 35.5 Å². The molecule has 0 amide bonds. The molecule has 24 heavy (non-hydrogen) atoms. The van der Waals surface area contributed by atoms with Crippen molar-refractivity contribution in [1.29, 1.82) is 0 Å². The van der Waals surface area contributed by atoms with Crippen molar-refractivity contribution in [2.45, 2.75) is 50.5 Å². The molecule has 2 heterocycles. The molecule has 130 valence electrons. The minimum atomic E-state index is -3.44. The molecule has 1 atom stereocenters. The molecule has 6 nitrogen and oxygen atoms in total. The highest BCUT2D eigenvalue weighted by Crippen LogP contribution is 2.29. The van der Waals surface area contributed by atoms with Crippen molar-refractivity contribution in [3.8, 4) is 0 Å². The highest BCUT2D eigenvalue weighted by atomic mass is 32.2. The third-order valence-corrected chi connectivity index (χ3v) is 6.49. The van der Waals surface area contributed by atoms with Crippen molar-refractivity contribution in [3.63, 3.8) is 0 Å².